The fourth-order valence-electron chi connectivity index (χ4n) is 2.76. The molecule has 1 aliphatic heterocycles. The highest BCUT2D eigenvalue weighted by Gasteiger charge is 2.32. The van der Waals surface area contributed by atoms with E-state index in [1.807, 2.05) is 13.8 Å². The Morgan fingerprint density at radius 2 is 1.96 bits per heavy atom. The molecule has 0 aliphatic carbocycles. The van der Waals surface area contributed by atoms with Gasteiger partial charge >= 0.3 is 0 Å². The van der Waals surface area contributed by atoms with Crippen LogP contribution in [0.4, 0.5) is 5.69 Å². The van der Waals surface area contributed by atoms with E-state index < -0.39 is 5.60 Å². The van der Waals surface area contributed by atoms with Crippen molar-refractivity contribution in [3.05, 3.63) is 53.6 Å². The Kier molecular flexibility index (Phi) is 4.01. The zero-order valence-corrected chi connectivity index (χ0v) is 13.9. The van der Waals surface area contributed by atoms with Crippen LogP contribution < -0.4 is 14.8 Å². The van der Waals surface area contributed by atoms with Gasteiger partial charge in [-0.15, -0.1) is 0 Å². The lowest BCUT2D eigenvalue weighted by Crippen LogP contribution is -2.35. The van der Waals surface area contributed by atoms with Gasteiger partial charge in [-0.2, -0.15) is 0 Å². The number of ketones is 1. The molecule has 1 aliphatic rings. The maximum atomic E-state index is 12.4. The van der Waals surface area contributed by atoms with E-state index in [1.54, 1.807) is 42.5 Å². The largest absolute Gasteiger partial charge is 0.496 e. The van der Waals surface area contributed by atoms with Crippen LogP contribution in [0.3, 0.4) is 0 Å². The molecule has 1 N–H and O–H groups in total. The number of ether oxygens (including phenoxy) is 2. The highest BCUT2D eigenvalue weighted by Crippen LogP contribution is 2.34. The first-order valence-electron chi connectivity index (χ1n) is 7.70. The van der Waals surface area contributed by atoms with Crippen molar-refractivity contribution < 1.29 is 19.1 Å². The summed E-state index contributed by atoms with van der Waals surface area (Å²) < 4.78 is 11.0. The van der Waals surface area contributed by atoms with Crippen LogP contribution in [0.5, 0.6) is 11.5 Å². The van der Waals surface area contributed by atoms with Gasteiger partial charge in [0, 0.05) is 5.69 Å². The number of methoxy groups -OCH3 is 1. The van der Waals surface area contributed by atoms with Crippen LogP contribution in [0.15, 0.2) is 42.5 Å². The number of amides is 1. The van der Waals surface area contributed by atoms with Gasteiger partial charge in [-0.3, -0.25) is 9.59 Å². The van der Waals surface area contributed by atoms with Crippen LogP contribution in [-0.2, 0) is 0 Å². The molecule has 0 saturated carbocycles. The van der Waals surface area contributed by atoms with Crippen LogP contribution in [-0.4, -0.2) is 24.4 Å². The van der Waals surface area contributed by atoms with Gasteiger partial charge in [0.2, 0.25) is 0 Å². The van der Waals surface area contributed by atoms with Gasteiger partial charge in [0.15, 0.2) is 5.78 Å². The summed E-state index contributed by atoms with van der Waals surface area (Å²) in [7, 11) is 1.52. The average molecular weight is 325 g/mol. The lowest BCUT2D eigenvalue weighted by Gasteiger charge is -2.31. The average Bonchev–Trinajstić information content (AvgIpc) is 2.54. The standard InChI is InChI=1S/C19H19NO4/c1-19(2)11-15(21)14-10-12(8-9-17(14)24-19)20-18(22)13-6-4-5-7-16(13)23-3/h4-10H,11H2,1-3H3,(H,20,22). The second kappa shape index (κ2) is 6.00. The highest BCUT2D eigenvalue weighted by atomic mass is 16.5. The molecule has 3 rings (SSSR count). The van der Waals surface area contributed by atoms with E-state index in [0.29, 0.717) is 34.7 Å². The van der Waals surface area contributed by atoms with E-state index in [2.05, 4.69) is 5.32 Å². The molecule has 124 valence electrons. The molecule has 0 atom stereocenters. The first-order chi connectivity index (χ1) is 11.4. The van der Waals surface area contributed by atoms with Crippen molar-refractivity contribution in [1.29, 1.82) is 0 Å². The lowest BCUT2D eigenvalue weighted by atomic mass is 9.93. The Labute approximate surface area is 140 Å². The number of anilines is 1. The quantitative estimate of drug-likeness (QED) is 0.935. The highest BCUT2D eigenvalue weighted by molar-refractivity contribution is 6.07. The molecule has 2 aromatic carbocycles. The molecule has 5 nitrogen and oxygen atoms in total. The third-order valence-corrected chi connectivity index (χ3v) is 3.86. The number of fused-ring (bicyclic) bond motifs is 1. The molecule has 0 aromatic heterocycles. The van der Waals surface area contributed by atoms with Crippen LogP contribution in [0.2, 0.25) is 0 Å². The second-order valence-electron chi connectivity index (χ2n) is 6.33. The molecular formula is C19H19NO4. The number of Topliss-reactive ketones (excluding diaryl/α,β-unsaturated/α-hetero) is 1. The Morgan fingerprint density at radius 3 is 2.71 bits per heavy atom. The fourth-order valence-corrected chi connectivity index (χ4v) is 2.76. The van der Waals surface area contributed by atoms with Gasteiger partial charge in [0.1, 0.15) is 17.1 Å². The normalized spacial score (nSPS) is 15.2. The third-order valence-electron chi connectivity index (χ3n) is 3.86. The summed E-state index contributed by atoms with van der Waals surface area (Å²) in [6, 6.07) is 12.1. The summed E-state index contributed by atoms with van der Waals surface area (Å²) in [4.78, 5) is 24.7. The van der Waals surface area contributed by atoms with Crippen molar-refractivity contribution in [1.82, 2.24) is 0 Å². The summed E-state index contributed by atoms with van der Waals surface area (Å²) in [6.45, 7) is 3.76. The molecule has 0 radical (unpaired) electrons. The maximum Gasteiger partial charge on any atom is 0.259 e. The van der Waals surface area contributed by atoms with Gasteiger partial charge in [0.25, 0.3) is 5.91 Å². The monoisotopic (exact) mass is 325 g/mol. The molecule has 0 bridgehead atoms. The van der Waals surface area contributed by atoms with E-state index in [1.165, 1.54) is 7.11 Å². The van der Waals surface area contributed by atoms with Gasteiger partial charge in [-0.1, -0.05) is 12.1 Å². The molecule has 0 spiro atoms. The number of carbonyl (C=O) groups is 2. The summed E-state index contributed by atoms with van der Waals surface area (Å²) in [5.41, 5.74) is 0.960. The van der Waals surface area contributed by atoms with E-state index in [9.17, 15) is 9.59 Å². The summed E-state index contributed by atoms with van der Waals surface area (Å²) >= 11 is 0. The molecule has 0 unspecified atom stereocenters. The van der Waals surface area contributed by atoms with Crippen LogP contribution in [0, 0.1) is 0 Å². The summed E-state index contributed by atoms with van der Waals surface area (Å²) in [6.07, 6.45) is 0.309. The molecule has 0 fully saturated rings. The zero-order valence-electron chi connectivity index (χ0n) is 13.9. The molecule has 1 heterocycles. The predicted molar refractivity (Wildman–Crippen MR) is 91.0 cm³/mol. The number of rotatable bonds is 3. The number of hydrogen-bond donors (Lipinski definition) is 1. The van der Waals surface area contributed by atoms with Crippen LogP contribution in [0.1, 0.15) is 41.0 Å². The van der Waals surface area contributed by atoms with Crippen molar-refractivity contribution in [3.63, 3.8) is 0 Å². The fraction of sp³-hybridized carbons (Fsp3) is 0.263. The van der Waals surface area contributed by atoms with Crippen molar-refractivity contribution in [2.45, 2.75) is 25.9 Å². The van der Waals surface area contributed by atoms with E-state index in [0.717, 1.165) is 0 Å². The lowest BCUT2D eigenvalue weighted by molar-refractivity contribution is 0.0620. The number of para-hydroxylation sites is 1. The molecule has 2 aromatic rings. The van der Waals surface area contributed by atoms with E-state index in [-0.39, 0.29) is 11.7 Å². The van der Waals surface area contributed by atoms with Gasteiger partial charge in [-0.05, 0) is 44.2 Å². The minimum atomic E-state index is -0.508. The SMILES string of the molecule is COc1ccccc1C(=O)Nc1ccc2c(c1)C(=O)CC(C)(C)O2. The minimum absolute atomic E-state index is 0.00893. The van der Waals surface area contributed by atoms with Crippen molar-refractivity contribution in [3.8, 4) is 11.5 Å². The molecule has 5 heteroatoms. The number of hydrogen-bond acceptors (Lipinski definition) is 4. The van der Waals surface area contributed by atoms with Gasteiger partial charge in [-0.25, -0.2) is 0 Å². The topological polar surface area (TPSA) is 64.6 Å². The smallest absolute Gasteiger partial charge is 0.259 e. The van der Waals surface area contributed by atoms with Crippen molar-refractivity contribution in [2.75, 3.05) is 12.4 Å². The zero-order chi connectivity index (χ0) is 17.3. The van der Waals surface area contributed by atoms with Gasteiger partial charge < -0.3 is 14.8 Å². The number of benzene rings is 2. The summed E-state index contributed by atoms with van der Waals surface area (Å²) in [5, 5.41) is 2.80. The van der Waals surface area contributed by atoms with Crippen molar-refractivity contribution in [2.24, 2.45) is 0 Å². The first kappa shape index (κ1) is 16.1. The number of nitrogens with one attached hydrogen (secondary N) is 1. The molecule has 1 amide bonds. The Hall–Kier alpha value is -2.82. The van der Waals surface area contributed by atoms with E-state index >= 15 is 0 Å². The third kappa shape index (κ3) is 3.11. The Balaban J connectivity index is 1.86. The van der Waals surface area contributed by atoms with Crippen LogP contribution >= 0.6 is 0 Å². The van der Waals surface area contributed by atoms with Gasteiger partial charge in [0.05, 0.1) is 24.7 Å². The van der Waals surface area contributed by atoms with Crippen molar-refractivity contribution >= 4 is 17.4 Å². The molecular weight excluding hydrogens is 306 g/mol. The molecule has 24 heavy (non-hydrogen) atoms. The second-order valence-corrected chi connectivity index (χ2v) is 6.33. The number of carbonyl (C=O) groups excluding carboxylic acids is 2. The van der Waals surface area contributed by atoms with Crippen LogP contribution in [0.25, 0.3) is 0 Å². The Bertz CT molecular complexity index is 811. The predicted octanol–water partition coefficient (Wildman–Crippen LogP) is 3.69. The Morgan fingerprint density at radius 1 is 1.21 bits per heavy atom. The minimum Gasteiger partial charge on any atom is -0.496 e. The maximum absolute atomic E-state index is 12.4. The summed E-state index contributed by atoms with van der Waals surface area (Å²) in [5.74, 6) is 0.757. The van der Waals surface area contributed by atoms with E-state index in [4.69, 9.17) is 9.47 Å². The first-order valence-corrected chi connectivity index (χ1v) is 7.70. The molecule has 0 saturated heterocycles.